The minimum atomic E-state index is -0.334. The Kier molecular flexibility index (Phi) is 1.95. The van der Waals surface area contributed by atoms with Gasteiger partial charge in [0.2, 0.25) is 5.91 Å². The molecule has 14 heavy (non-hydrogen) atoms. The maximum atomic E-state index is 11.2. The van der Waals surface area contributed by atoms with Gasteiger partial charge >= 0.3 is 6.03 Å². The first-order valence-electron chi connectivity index (χ1n) is 4.21. The van der Waals surface area contributed by atoms with Gasteiger partial charge in [0, 0.05) is 18.8 Å². The third kappa shape index (κ3) is 1.59. The van der Waals surface area contributed by atoms with Crippen LogP contribution in [0.4, 0.5) is 4.79 Å². The highest BCUT2D eigenvalue weighted by Crippen LogP contribution is 2.06. The molecule has 74 valence electrons. The zero-order valence-electron chi connectivity index (χ0n) is 7.73. The van der Waals surface area contributed by atoms with Gasteiger partial charge in [0.25, 0.3) is 0 Å². The predicted octanol–water partition coefficient (Wildman–Crippen LogP) is -0.528. The lowest BCUT2D eigenvalue weighted by atomic mass is 10.3. The van der Waals surface area contributed by atoms with Crippen LogP contribution >= 0.6 is 0 Å². The van der Waals surface area contributed by atoms with Crippen LogP contribution in [0.5, 0.6) is 0 Å². The molecule has 0 bridgehead atoms. The number of nitrogens with zero attached hydrogens (tertiary/aromatic N) is 3. The highest BCUT2D eigenvalue weighted by molar-refractivity contribution is 6.01. The van der Waals surface area contributed by atoms with E-state index in [9.17, 15) is 9.59 Å². The Bertz CT molecular complexity index is 384. The Morgan fingerprint density at radius 1 is 1.57 bits per heavy atom. The molecular weight excluding hydrogens is 184 g/mol. The van der Waals surface area contributed by atoms with E-state index in [1.165, 1.54) is 4.90 Å². The van der Waals surface area contributed by atoms with E-state index in [0.717, 1.165) is 5.56 Å². The SMILES string of the molecule is Cn1cc(CN2CC(=O)NC2=O)cn1. The third-order valence-corrected chi connectivity index (χ3v) is 2.00. The second kappa shape index (κ2) is 3.13. The number of hydrogen-bond acceptors (Lipinski definition) is 3. The number of rotatable bonds is 2. The van der Waals surface area contributed by atoms with Crippen molar-refractivity contribution in [1.29, 1.82) is 0 Å². The smallest absolute Gasteiger partial charge is 0.311 e. The molecule has 1 aromatic rings. The van der Waals surface area contributed by atoms with E-state index >= 15 is 0 Å². The minimum absolute atomic E-state index is 0.133. The Morgan fingerprint density at radius 3 is 2.86 bits per heavy atom. The molecule has 2 rings (SSSR count). The van der Waals surface area contributed by atoms with Crippen molar-refractivity contribution in [2.24, 2.45) is 7.05 Å². The summed E-state index contributed by atoms with van der Waals surface area (Å²) in [4.78, 5) is 23.5. The van der Waals surface area contributed by atoms with Gasteiger partial charge in [0.1, 0.15) is 6.54 Å². The number of imide groups is 1. The molecule has 6 nitrogen and oxygen atoms in total. The van der Waals surface area contributed by atoms with Gasteiger partial charge in [-0.1, -0.05) is 0 Å². The van der Waals surface area contributed by atoms with E-state index in [1.54, 1.807) is 17.9 Å². The number of nitrogens with one attached hydrogen (secondary N) is 1. The Hall–Kier alpha value is -1.85. The van der Waals surface area contributed by atoms with E-state index in [0.29, 0.717) is 6.54 Å². The van der Waals surface area contributed by atoms with E-state index < -0.39 is 0 Å². The predicted molar refractivity (Wildman–Crippen MR) is 47.2 cm³/mol. The number of urea groups is 1. The van der Waals surface area contributed by atoms with Gasteiger partial charge in [-0.2, -0.15) is 5.10 Å². The Balaban J connectivity index is 2.05. The van der Waals surface area contributed by atoms with Crippen molar-refractivity contribution in [3.63, 3.8) is 0 Å². The van der Waals surface area contributed by atoms with Crippen LogP contribution in [0.1, 0.15) is 5.56 Å². The first-order valence-corrected chi connectivity index (χ1v) is 4.21. The summed E-state index contributed by atoms with van der Waals surface area (Å²) in [5.41, 5.74) is 0.914. The van der Waals surface area contributed by atoms with Gasteiger partial charge in [0.05, 0.1) is 12.7 Å². The molecule has 0 atom stereocenters. The summed E-state index contributed by atoms with van der Waals surface area (Å²) >= 11 is 0. The van der Waals surface area contributed by atoms with Crippen LogP contribution in [0, 0.1) is 0 Å². The van der Waals surface area contributed by atoms with Crippen molar-refractivity contribution >= 4 is 11.9 Å². The monoisotopic (exact) mass is 194 g/mol. The minimum Gasteiger partial charge on any atom is -0.311 e. The number of aromatic nitrogens is 2. The van der Waals surface area contributed by atoms with Crippen molar-refractivity contribution in [3.05, 3.63) is 18.0 Å². The Morgan fingerprint density at radius 2 is 2.36 bits per heavy atom. The largest absolute Gasteiger partial charge is 0.324 e. The lowest BCUT2D eigenvalue weighted by Crippen LogP contribution is -2.27. The van der Waals surface area contributed by atoms with E-state index in [-0.39, 0.29) is 18.5 Å². The third-order valence-electron chi connectivity index (χ3n) is 2.00. The highest BCUT2D eigenvalue weighted by Gasteiger charge is 2.26. The standard InChI is InChI=1S/C8H10N4O2/c1-11-3-6(2-9-11)4-12-5-7(13)10-8(12)14/h2-3H,4-5H2,1H3,(H,10,13,14). The fourth-order valence-electron chi connectivity index (χ4n) is 1.38. The molecule has 0 aliphatic carbocycles. The highest BCUT2D eigenvalue weighted by atomic mass is 16.2. The van der Waals surface area contributed by atoms with Crippen LogP contribution in [0.3, 0.4) is 0 Å². The average molecular weight is 194 g/mol. The normalized spacial score (nSPS) is 16.2. The van der Waals surface area contributed by atoms with Gasteiger partial charge in [-0.15, -0.1) is 0 Å². The van der Waals surface area contributed by atoms with E-state index in [4.69, 9.17) is 0 Å². The molecule has 1 N–H and O–H groups in total. The molecule has 6 heteroatoms. The molecule has 1 saturated heterocycles. The molecule has 1 aliphatic heterocycles. The van der Waals surface area contributed by atoms with Crippen LogP contribution in [0.2, 0.25) is 0 Å². The summed E-state index contributed by atoms with van der Waals surface area (Å²) in [6.07, 6.45) is 3.49. The first-order chi connectivity index (χ1) is 6.65. The number of amides is 3. The lowest BCUT2D eigenvalue weighted by Gasteiger charge is -2.10. The Labute approximate surface area is 80.5 Å². The molecule has 1 fully saturated rings. The van der Waals surface area contributed by atoms with Gasteiger partial charge in [0.15, 0.2) is 0 Å². The zero-order chi connectivity index (χ0) is 10.1. The number of hydrogen-bond donors (Lipinski definition) is 1. The first kappa shape index (κ1) is 8.74. The second-order valence-corrected chi connectivity index (χ2v) is 3.23. The van der Waals surface area contributed by atoms with E-state index in [2.05, 4.69) is 10.4 Å². The molecule has 0 spiro atoms. The van der Waals surface area contributed by atoms with Gasteiger partial charge in [-0.25, -0.2) is 4.79 Å². The fraction of sp³-hybridized carbons (Fsp3) is 0.375. The van der Waals surface area contributed by atoms with Crippen molar-refractivity contribution in [1.82, 2.24) is 20.0 Å². The summed E-state index contributed by atoms with van der Waals surface area (Å²) in [6, 6.07) is -0.334. The molecule has 1 aliphatic rings. The van der Waals surface area contributed by atoms with Gasteiger partial charge in [-0.3, -0.25) is 14.8 Å². The zero-order valence-corrected chi connectivity index (χ0v) is 7.73. The van der Waals surface area contributed by atoms with Gasteiger partial charge in [-0.05, 0) is 0 Å². The summed E-state index contributed by atoms with van der Waals surface area (Å²) in [7, 11) is 1.80. The number of aryl methyl sites for hydroxylation is 1. The van der Waals surface area contributed by atoms with Crippen molar-refractivity contribution in [2.45, 2.75) is 6.54 Å². The summed E-state index contributed by atoms with van der Waals surface area (Å²) < 4.78 is 1.66. The van der Waals surface area contributed by atoms with Gasteiger partial charge < -0.3 is 4.90 Å². The van der Waals surface area contributed by atoms with Crippen LogP contribution in [0.25, 0.3) is 0 Å². The van der Waals surface area contributed by atoms with Crippen molar-refractivity contribution in [3.8, 4) is 0 Å². The van der Waals surface area contributed by atoms with Crippen molar-refractivity contribution in [2.75, 3.05) is 6.54 Å². The van der Waals surface area contributed by atoms with Crippen LogP contribution in [-0.2, 0) is 18.4 Å². The summed E-state index contributed by atoms with van der Waals surface area (Å²) in [6.45, 7) is 0.555. The van der Waals surface area contributed by atoms with Crippen molar-refractivity contribution < 1.29 is 9.59 Å². The molecule has 0 unspecified atom stereocenters. The molecule has 0 radical (unpaired) electrons. The quantitative estimate of drug-likeness (QED) is 0.644. The van der Waals surface area contributed by atoms with Crippen LogP contribution in [0.15, 0.2) is 12.4 Å². The topological polar surface area (TPSA) is 67.2 Å². The molecule has 1 aromatic heterocycles. The lowest BCUT2D eigenvalue weighted by molar-refractivity contribution is -0.118. The second-order valence-electron chi connectivity index (χ2n) is 3.23. The number of carbonyl (C=O) groups excluding carboxylic acids is 2. The summed E-state index contributed by atoms with van der Waals surface area (Å²) in [5.74, 6) is -0.251. The molecule has 0 aromatic carbocycles. The van der Waals surface area contributed by atoms with E-state index in [1.807, 2.05) is 6.20 Å². The number of carbonyl (C=O) groups is 2. The maximum absolute atomic E-state index is 11.2. The van der Waals surface area contributed by atoms with Crippen LogP contribution in [-0.4, -0.2) is 33.2 Å². The maximum Gasteiger partial charge on any atom is 0.324 e. The molecular formula is C8H10N4O2. The molecule has 0 saturated carbocycles. The fourth-order valence-corrected chi connectivity index (χ4v) is 1.38. The molecule has 2 heterocycles. The van der Waals surface area contributed by atoms with Crippen LogP contribution < -0.4 is 5.32 Å². The summed E-state index contributed by atoms with van der Waals surface area (Å²) in [5, 5.41) is 6.19. The molecule has 3 amide bonds. The average Bonchev–Trinajstić information content (AvgIpc) is 2.61.